The van der Waals surface area contributed by atoms with Crippen LogP contribution in [-0.4, -0.2) is 33.1 Å². The maximum atomic E-state index is 10.7. The number of hydrogen-bond donors (Lipinski definition) is 0. The van der Waals surface area contributed by atoms with E-state index in [2.05, 4.69) is 6.58 Å². The van der Waals surface area contributed by atoms with Crippen LogP contribution in [0.2, 0.25) is 0 Å². The van der Waals surface area contributed by atoms with Gasteiger partial charge >= 0.3 is 5.97 Å². The summed E-state index contributed by atoms with van der Waals surface area (Å²) in [6.45, 7) is 6.31. The van der Waals surface area contributed by atoms with Gasteiger partial charge in [-0.15, -0.1) is 0 Å². The summed E-state index contributed by atoms with van der Waals surface area (Å²) in [5.41, 5.74) is 0. The van der Waals surface area contributed by atoms with E-state index >= 15 is 0 Å². The Morgan fingerprint density at radius 3 is 2.20 bits per heavy atom. The van der Waals surface area contributed by atoms with Crippen molar-refractivity contribution in [3.8, 4) is 11.5 Å². The van der Waals surface area contributed by atoms with E-state index < -0.39 is 0 Å². The predicted molar refractivity (Wildman–Crippen MR) is 76.0 cm³/mol. The van der Waals surface area contributed by atoms with E-state index in [0.29, 0.717) is 13.2 Å². The third kappa shape index (κ3) is 7.92. The van der Waals surface area contributed by atoms with Gasteiger partial charge in [0.15, 0.2) is 0 Å². The summed E-state index contributed by atoms with van der Waals surface area (Å²) in [6, 6.07) is 7.41. The summed E-state index contributed by atoms with van der Waals surface area (Å²) in [7, 11) is 1.63. The smallest absolute Gasteiger partial charge is 0.330 e. The molecule has 0 radical (unpaired) electrons. The van der Waals surface area contributed by atoms with Gasteiger partial charge in [0, 0.05) is 6.08 Å². The maximum absolute atomic E-state index is 10.7. The molecule has 0 aliphatic heterocycles. The second-order valence-electron chi connectivity index (χ2n) is 3.60. The summed E-state index contributed by atoms with van der Waals surface area (Å²) in [5.74, 6) is 1.23. The monoisotopic (exact) mass is 280 g/mol. The van der Waals surface area contributed by atoms with Crippen molar-refractivity contribution in [3.63, 3.8) is 0 Å². The molecule has 110 valence electrons. The molecular weight excluding hydrogens is 260 g/mol. The number of ether oxygens (including phenoxy) is 3. The molecule has 1 aromatic carbocycles. The number of benzene rings is 1. The zero-order valence-corrected chi connectivity index (χ0v) is 11.7. The fourth-order valence-corrected chi connectivity index (χ4v) is 1.30. The number of methoxy groups -OCH3 is 1. The molecule has 0 spiro atoms. The van der Waals surface area contributed by atoms with Crippen molar-refractivity contribution < 1.29 is 23.8 Å². The van der Waals surface area contributed by atoms with Crippen LogP contribution in [0.15, 0.2) is 36.9 Å². The highest BCUT2D eigenvalue weighted by atomic mass is 16.5. The van der Waals surface area contributed by atoms with E-state index in [-0.39, 0.29) is 5.97 Å². The van der Waals surface area contributed by atoms with Crippen molar-refractivity contribution in [2.24, 2.45) is 0 Å². The van der Waals surface area contributed by atoms with Crippen LogP contribution in [-0.2, 0) is 14.3 Å². The molecule has 0 aromatic heterocycles. The van der Waals surface area contributed by atoms with E-state index in [9.17, 15) is 4.79 Å². The topological polar surface area (TPSA) is 61.8 Å². The fourth-order valence-electron chi connectivity index (χ4n) is 1.30. The van der Waals surface area contributed by atoms with Gasteiger partial charge in [-0.05, 0) is 37.1 Å². The molecule has 5 nitrogen and oxygen atoms in total. The molecule has 0 heterocycles. The average Bonchev–Trinajstić information content (AvgIpc) is 2.53. The molecule has 0 aliphatic rings. The normalized spacial score (nSPS) is 8.85. The highest BCUT2D eigenvalue weighted by molar-refractivity contribution is 5.81. The van der Waals surface area contributed by atoms with Gasteiger partial charge in [-0.1, -0.05) is 6.58 Å². The Morgan fingerprint density at radius 2 is 1.65 bits per heavy atom. The molecule has 0 bridgehead atoms. The molecule has 1 aromatic rings. The highest BCUT2D eigenvalue weighted by Crippen LogP contribution is 2.17. The van der Waals surface area contributed by atoms with Gasteiger partial charge in [0.2, 0.25) is 0 Å². The summed E-state index contributed by atoms with van der Waals surface area (Å²) in [5, 5.41) is 0. The Labute approximate surface area is 119 Å². The Balaban J connectivity index is 0.00000172. The van der Waals surface area contributed by atoms with Crippen molar-refractivity contribution in [1.82, 2.24) is 0 Å². The molecule has 0 amide bonds. The molecule has 0 aliphatic carbocycles. The Kier molecular flexibility index (Phi) is 10.4. The largest absolute Gasteiger partial charge is 0.497 e. The average molecular weight is 280 g/mol. The third-order valence-corrected chi connectivity index (χ3v) is 2.28. The summed E-state index contributed by atoms with van der Waals surface area (Å²) in [6.07, 6.45) is 2.76. The Bertz CT molecular complexity index is 386. The van der Waals surface area contributed by atoms with Gasteiger partial charge < -0.3 is 19.0 Å². The van der Waals surface area contributed by atoms with Gasteiger partial charge in [0.1, 0.15) is 18.3 Å². The van der Waals surface area contributed by atoms with E-state index in [1.165, 1.54) is 0 Å². The fraction of sp³-hybridized carbons (Fsp3) is 0.333. The van der Waals surface area contributed by atoms with Gasteiger partial charge in [-0.2, -0.15) is 0 Å². The van der Waals surface area contributed by atoms with Crippen LogP contribution in [0.5, 0.6) is 11.5 Å². The highest BCUT2D eigenvalue weighted by Gasteiger charge is 1.97. The number of hydrogen-bond acceptors (Lipinski definition) is 5. The number of unbranched alkanes of at least 4 members (excludes halogenated alkanes) is 1. The predicted octanol–water partition coefficient (Wildman–Crippen LogP) is 2.40. The zero-order chi connectivity index (χ0) is 15.2. The van der Waals surface area contributed by atoms with Crippen LogP contribution in [0.3, 0.4) is 0 Å². The minimum atomic E-state index is -0.383. The lowest BCUT2D eigenvalue weighted by molar-refractivity contribution is -0.137. The lowest BCUT2D eigenvalue weighted by atomic mass is 10.3. The second-order valence-corrected chi connectivity index (χ2v) is 3.60. The van der Waals surface area contributed by atoms with Crippen LogP contribution < -0.4 is 9.47 Å². The lowest BCUT2D eigenvalue weighted by Crippen LogP contribution is -2.04. The van der Waals surface area contributed by atoms with Crippen LogP contribution in [0, 0.1) is 0 Å². The van der Waals surface area contributed by atoms with Crippen molar-refractivity contribution in [2.45, 2.75) is 12.8 Å². The first-order valence-corrected chi connectivity index (χ1v) is 6.11. The van der Waals surface area contributed by atoms with Gasteiger partial charge in [-0.3, -0.25) is 0 Å². The van der Waals surface area contributed by atoms with E-state index in [1.54, 1.807) is 7.11 Å². The van der Waals surface area contributed by atoms with Gasteiger partial charge in [0.25, 0.3) is 0 Å². The minimum absolute atomic E-state index is 0.383. The number of carbonyl (C=O) groups excluding carboxylic acids is 2. The quantitative estimate of drug-likeness (QED) is 0.415. The summed E-state index contributed by atoms with van der Waals surface area (Å²) in [4.78, 5) is 18.7. The first-order chi connectivity index (χ1) is 9.76. The standard InChI is InChI=1S/C14H18O4.CH2O/c1-3-14(15)18-11-5-4-10-17-13-8-6-12(16-2)7-9-13;1-2/h3,6-9H,1,4-5,10-11H2,2H3;1H2. The van der Waals surface area contributed by atoms with Crippen LogP contribution >= 0.6 is 0 Å². The van der Waals surface area contributed by atoms with Crippen molar-refractivity contribution >= 4 is 12.8 Å². The molecule has 0 fully saturated rings. The lowest BCUT2D eigenvalue weighted by Gasteiger charge is -2.07. The van der Waals surface area contributed by atoms with E-state index in [4.69, 9.17) is 19.0 Å². The van der Waals surface area contributed by atoms with Crippen LogP contribution in [0.25, 0.3) is 0 Å². The second kappa shape index (κ2) is 11.8. The molecule has 0 N–H and O–H groups in total. The van der Waals surface area contributed by atoms with Crippen molar-refractivity contribution in [2.75, 3.05) is 20.3 Å². The molecule has 0 atom stereocenters. The molecule has 5 heteroatoms. The number of rotatable bonds is 8. The first kappa shape index (κ1) is 17.7. The SMILES string of the molecule is C=CC(=O)OCCCCOc1ccc(OC)cc1.C=O. The minimum Gasteiger partial charge on any atom is -0.497 e. The van der Waals surface area contributed by atoms with E-state index in [1.807, 2.05) is 31.1 Å². The van der Waals surface area contributed by atoms with Crippen molar-refractivity contribution in [1.29, 1.82) is 0 Å². The zero-order valence-electron chi connectivity index (χ0n) is 11.7. The molecule has 0 saturated carbocycles. The van der Waals surface area contributed by atoms with E-state index in [0.717, 1.165) is 30.4 Å². The van der Waals surface area contributed by atoms with Gasteiger partial charge in [-0.25, -0.2) is 4.79 Å². The molecule has 0 unspecified atom stereocenters. The number of esters is 1. The maximum Gasteiger partial charge on any atom is 0.330 e. The molecule has 0 saturated heterocycles. The van der Waals surface area contributed by atoms with Crippen LogP contribution in [0.4, 0.5) is 0 Å². The molecule has 1 rings (SSSR count). The summed E-state index contributed by atoms with van der Waals surface area (Å²) < 4.78 is 15.4. The van der Waals surface area contributed by atoms with Crippen molar-refractivity contribution in [3.05, 3.63) is 36.9 Å². The molecular formula is C15H20O5. The molecule has 20 heavy (non-hydrogen) atoms. The number of carbonyl (C=O) groups is 2. The Morgan fingerprint density at radius 1 is 1.10 bits per heavy atom. The first-order valence-electron chi connectivity index (χ1n) is 6.11. The Hall–Kier alpha value is -2.30. The van der Waals surface area contributed by atoms with Crippen LogP contribution in [0.1, 0.15) is 12.8 Å². The van der Waals surface area contributed by atoms with Gasteiger partial charge in [0.05, 0.1) is 20.3 Å². The summed E-state index contributed by atoms with van der Waals surface area (Å²) >= 11 is 0. The third-order valence-electron chi connectivity index (χ3n) is 2.28.